The minimum Gasteiger partial charge on any atom is -0.472 e. The van der Waals surface area contributed by atoms with Crippen molar-refractivity contribution in [3.63, 3.8) is 0 Å². The van der Waals surface area contributed by atoms with Crippen LogP contribution in [0.1, 0.15) is 22.3 Å². The number of hydrogen-bond acceptors (Lipinski definition) is 4. The molecule has 1 aliphatic heterocycles. The number of rotatable bonds is 3. The van der Waals surface area contributed by atoms with Gasteiger partial charge >= 0.3 is 0 Å². The summed E-state index contributed by atoms with van der Waals surface area (Å²) in [7, 11) is -3.25. The average molecular weight is 320 g/mol. The number of hydrogen-bond donors (Lipinski definition) is 1. The molecule has 22 heavy (non-hydrogen) atoms. The van der Waals surface area contributed by atoms with E-state index in [-0.39, 0.29) is 11.7 Å². The van der Waals surface area contributed by atoms with Crippen LogP contribution in [0.15, 0.2) is 41.2 Å². The lowest BCUT2D eigenvalue weighted by Crippen LogP contribution is -2.26. The van der Waals surface area contributed by atoms with Crippen LogP contribution in [0, 0.1) is 6.92 Å². The van der Waals surface area contributed by atoms with Crippen LogP contribution >= 0.6 is 0 Å². The number of aryl methyl sites for hydroxylation is 1. The van der Waals surface area contributed by atoms with Gasteiger partial charge in [-0.25, -0.2) is 8.42 Å². The largest absolute Gasteiger partial charge is 0.472 e. The zero-order chi connectivity index (χ0) is 15.7. The second-order valence-corrected chi connectivity index (χ2v) is 7.22. The minimum absolute atomic E-state index is 0.165. The summed E-state index contributed by atoms with van der Waals surface area (Å²) >= 11 is 0. The van der Waals surface area contributed by atoms with Crippen molar-refractivity contribution in [2.24, 2.45) is 0 Å². The first-order chi connectivity index (χ1) is 10.5. The van der Waals surface area contributed by atoms with Crippen LogP contribution in [0.5, 0.6) is 0 Å². The molecule has 7 heteroatoms. The molecule has 0 unspecified atom stereocenters. The van der Waals surface area contributed by atoms with Crippen molar-refractivity contribution < 1.29 is 17.6 Å². The quantitative estimate of drug-likeness (QED) is 0.941. The van der Waals surface area contributed by atoms with Crippen LogP contribution in [-0.4, -0.2) is 26.6 Å². The number of benzene rings is 1. The molecule has 0 atom stereocenters. The summed E-state index contributed by atoms with van der Waals surface area (Å²) in [6.45, 7) is 2.33. The van der Waals surface area contributed by atoms with Gasteiger partial charge in [0.25, 0.3) is 5.91 Å². The molecule has 3 rings (SSSR count). The molecule has 1 aliphatic rings. The fourth-order valence-corrected chi connectivity index (χ4v) is 4.08. The van der Waals surface area contributed by atoms with E-state index in [1.54, 1.807) is 24.3 Å². The van der Waals surface area contributed by atoms with Gasteiger partial charge in [0.15, 0.2) is 0 Å². The number of nitrogens with zero attached hydrogens (tertiary/aromatic N) is 1. The van der Waals surface area contributed by atoms with Gasteiger partial charge in [0.1, 0.15) is 6.26 Å². The van der Waals surface area contributed by atoms with Crippen LogP contribution in [0.2, 0.25) is 0 Å². The molecule has 1 aromatic heterocycles. The van der Waals surface area contributed by atoms with Gasteiger partial charge < -0.3 is 9.73 Å². The summed E-state index contributed by atoms with van der Waals surface area (Å²) in [5.41, 5.74) is 2.43. The first-order valence-corrected chi connectivity index (χ1v) is 8.53. The van der Waals surface area contributed by atoms with Crippen molar-refractivity contribution in [3.05, 3.63) is 47.9 Å². The van der Waals surface area contributed by atoms with Crippen molar-refractivity contribution in [3.8, 4) is 0 Å². The van der Waals surface area contributed by atoms with Crippen molar-refractivity contribution in [2.45, 2.75) is 13.3 Å². The molecule has 2 aromatic rings. The Morgan fingerprint density at radius 3 is 2.77 bits per heavy atom. The predicted molar refractivity (Wildman–Crippen MR) is 83.6 cm³/mol. The van der Waals surface area contributed by atoms with Gasteiger partial charge in [0, 0.05) is 12.2 Å². The lowest BCUT2D eigenvalue weighted by atomic mass is 10.1. The Morgan fingerprint density at radius 2 is 2.14 bits per heavy atom. The number of anilines is 2. The van der Waals surface area contributed by atoms with Crippen molar-refractivity contribution in [1.82, 2.24) is 0 Å². The number of nitrogens with one attached hydrogen (secondary N) is 1. The summed E-state index contributed by atoms with van der Waals surface area (Å²) in [6.07, 6.45) is 3.40. The molecule has 6 nitrogen and oxygen atoms in total. The second-order valence-electron chi connectivity index (χ2n) is 5.21. The maximum Gasteiger partial charge on any atom is 0.258 e. The van der Waals surface area contributed by atoms with Gasteiger partial charge in [-0.1, -0.05) is 6.07 Å². The number of amides is 1. The molecule has 1 saturated heterocycles. The number of furan rings is 1. The van der Waals surface area contributed by atoms with E-state index >= 15 is 0 Å². The lowest BCUT2D eigenvalue weighted by molar-refractivity contribution is 0.102. The molecule has 1 amide bonds. The Bertz CT molecular complexity index is 797. The van der Waals surface area contributed by atoms with Crippen LogP contribution in [0.25, 0.3) is 0 Å². The van der Waals surface area contributed by atoms with Gasteiger partial charge in [-0.15, -0.1) is 0 Å². The molecule has 1 N–H and O–H groups in total. The maximum atomic E-state index is 12.1. The van der Waals surface area contributed by atoms with Crippen LogP contribution < -0.4 is 9.62 Å². The average Bonchev–Trinajstić information content (AvgIpc) is 3.10. The van der Waals surface area contributed by atoms with Crippen LogP contribution in [-0.2, 0) is 10.0 Å². The minimum atomic E-state index is -3.25. The second kappa shape index (κ2) is 5.49. The Balaban J connectivity index is 1.89. The van der Waals surface area contributed by atoms with E-state index in [9.17, 15) is 13.2 Å². The lowest BCUT2D eigenvalue weighted by Gasteiger charge is -2.20. The van der Waals surface area contributed by atoms with Gasteiger partial charge in [-0.3, -0.25) is 9.10 Å². The molecular weight excluding hydrogens is 304 g/mol. The van der Waals surface area contributed by atoms with E-state index in [1.165, 1.54) is 16.8 Å². The SMILES string of the molecule is Cc1ccc(NC(=O)c2ccoc2)cc1N1CCCS1(=O)=O. The third-order valence-corrected chi connectivity index (χ3v) is 5.47. The molecule has 0 radical (unpaired) electrons. The van der Waals surface area contributed by atoms with E-state index in [0.717, 1.165) is 5.56 Å². The van der Waals surface area contributed by atoms with Gasteiger partial charge in [-0.05, 0) is 37.1 Å². The molecule has 0 spiro atoms. The normalized spacial score (nSPS) is 16.7. The van der Waals surface area contributed by atoms with E-state index in [0.29, 0.717) is 29.9 Å². The molecule has 0 saturated carbocycles. The van der Waals surface area contributed by atoms with E-state index in [1.807, 2.05) is 6.92 Å². The highest BCUT2D eigenvalue weighted by molar-refractivity contribution is 7.93. The first-order valence-electron chi connectivity index (χ1n) is 6.92. The Labute approximate surface area is 128 Å². The fraction of sp³-hybridized carbons (Fsp3) is 0.267. The summed E-state index contributed by atoms with van der Waals surface area (Å²) < 4.78 is 30.4. The molecule has 0 bridgehead atoms. The first kappa shape index (κ1) is 14.6. The Hall–Kier alpha value is -2.28. The Kier molecular flexibility index (Phi) is 3.66. The molecule has 0 aliphatic carbocycles. The number of carbonyl (C=O) groups is 1. The molecule has 116 valence electrons. The van der Waals surface area contributed by atoms with Gasteiger partial charge in [-0.2, -0.15) is 0 Å². The highest BCUT2D eigenvalue weighted by atomic mass is 32.2. The zero-order valence-electron chi connectivity index (χ0n) is 12.1. The third kappa shape index (κ3) is 2.71. The summed E-state index contributed by atoms with van der Waals surface area (Å²) in [5.74, 6) is -0.134. The van der Waals surface area contributed by atoms with Crippen molar-refractivity contribution in [2.75, 3.05) is 21.9 Å². The highest BCUT2D eigenvalue weighted by Crippen LogP contribution is 2.30. The summed E-state index contributed by atoms with van der Waals surface area (Å²) in [5, 5.41) is 2.74. The number of carbonyl (C=O) groups excluding carboxylic acids is 1. The summed E-state index contributed by atoms with van der Waals surface area (Å²) in [6, 6.07) is 6.80. The van der Waals surface area contributed by atoms with Crippen molar-refractivity contribution in [1.29, 1.82) is 0 Å². The third-order valence-electron chi connectivity index (χ3n) is 3.62. The number of sulfonamides is 1. The van der Waals surface area contributed by atoms with Crippen molar-refractivity contribution >= 4 is 27.3 Å². The molecule has 1 aromatic carbocycles. The van der Waals surface area contributed by atoms with Crippen LogP contribution in [0.3, 0.4) is 0 Å². The monoisotopic (exact) mass is 320 g/mol. The van der Waals surface area contributed by atoms with E-state index < -0.39 is 10.0 Å². The standard InChI is InChI=1S/C15H16N2O4S/c1-11-3-4-13(16-15(18)12-5-7-21-10-12)9-14(11)17-6-2-8-22(17,19)20/h3-5,7,9-10H,2,6,8H2,1H3,(H,16,18). The van der Waals surface area contributed by atoms with E-state index in [4.69, 9.17) is 4.42 Å². The molecule has 1 fully saturated rings. The Morgan fingerprint density at radius 1 is 1.32 bits per heavy atom. The van der Waals surface area contributed by atoms with E-state index in [2.05, 4.69) is 5.32 Å². The molecular formula is C15H16N2O4S. The summed E-state index contributed by atoms with van der Waals surface area (Å²) in [4.78, 5) is 12.0. The highest BCUT2D eigenvalue weighted by Gasteiger charge is 2.29. The zero-order valence-corrected chi connectivity index (χ0v) is 12.9. The maximum absolute atomic E-state index is 12.1. The predicted octanol–water partition coefficient (Wildman–Crippen LogP) is 2.38. The smallest absolute Gasteiger partial charge is 0.258 e. The molecule has 2 heterocycles. The van der Waals surface area contributed by atoms with Gasteiger partial charge in [0.05, 0.1) is 23.3 Å². The topological polar surface area (TPSA) is 79.6 Å². The fourth-order valence-electron chi connectivity index (χ4n) is 2.46. The van der Waals surface area contributed by atoms with Gasteiger partial charge in [0.2, 0.25) is 10.0 Å². The van der Waals surface area contributed by atoms with Crippen LogP contribution in [0.4, 0.5) is 11.4 Å².